The first-order chi connectivity index (χ1) is 20.5. The van der Waals surface area contributed by atoms with Gasteiger partial charge in [-0.05, 0) is 56.0 Å². The zero-order valence-electron chi connectivity index (χ0n) is 22.9. The van der Waals surface area contributed by atoms with Crippen molar-refractivity contribution in [1.82, 2.24) is 24.7 Å². The number of hydrogen-bond acceptors (Lipinski definition) is 7. The van der Waals surface area contributed by atoms with E-state index in [9.17, 15) is 9.59 Å². The maximum atomic E-state index is 12.9. The topological polar surface area (TPSA) is 141 Å². The van der Waals surface area contributed by atoms with Gasteiger partial charge in [0.15, 0.2) is 5.69 Å². The lowest BCUT2D eigenvalue weighted by molar-refractivity contribution is -0.122. The van der Waals surface area contributed by atoms with Gasteiger partial charge in [0.05, 0.1) is 31.7 Å². The third kappa shape index (κ3) is 5.57. The molecule has 1 saturated carbocycles. The predicted octanol–water partition coefficient (Wildman–Crippen LogP) is 4.75. The minimum Gasteiger partial charge on any atom is -0.382 e. The van der Waals surface area contributed by atoms with Crippen molar-refractivity contribution in [3.05, 3.63) is 83.4 Å². The predicted molar refractivity (Wildman–Crippen MR) is 159 cm³/mol. The number of pyridine rings is 1. The number of hydrogen-bond donors (Lipinski definition) is 3. The van der Waals surface area contributed by atoms with Crippen molar-refractivity contribution in [2.75, 3.05) is 24.3 Å². The van der Waals surface area contributed by atoms with Crippen LogP contribution in [0.3, 0.4) is 0 Å². The summed E-state index contributed by atoms with van der Waals surface area (Å²) in [5.41, 5.74) is 10.3. The van der Waals surface area contributed by atoms with Crippen molar-refractivity contribution in [3.63, 3.8) is 0 Å². The van der Waals surface area contributed by atoms with Gasteiger partial charge in [-0.15, -0.1) is 0 Å². The average molecular weight is 563 g/mol. The highest BCUT2D eigenvalue weighted by Crippen LogP contribution is 2.39. The monoisotopic (exact) mass is 562 g/mol. The van der Waals surface area contributed by atoms with E-state index in [4.69, 9.17) is 22.0 Å². The highest BCUT2D eigenvalue weighted by molar-refractivity contribution is 6.04. The Morgan fingerprint density at radius 1 is 1.17 bits per heavy atom. The molecule has 0 radical (unpaired) electrons. The summed E-state index contributed by atoms with van der Waals surface area (Å²) in [4.78, 5) is 42.4. The van der Waals surface area contributed by atoms with Gasteiger partial charge < -0.3 is 21.1 Å². The number of nitrogens with zero attached hydrogens (tertiary/aromatic N) is 5. The molecular formula is C31H30N8O3. The molecule has 1 aliphatic carbocycles. The SMILES string of the molecule is [C-]#[N+]c1ccnc(NC(=O)c2ccc(-c3nc4n5c(cnc(N)c35)/C=C/CCOCCC(=O)N[C@@H]3CC[C@@H]4C3)cc2)c1. The van der Waals surface area contributed by atoms with Crippen LogP contribution in [0.25, 0.3) is 27.7 Å². The second kappa shape index (κ2) is 11.8. The molecule has 1 aromatic carbocycles. The number of carbonyl (C=O) groups excluding carboxylic acids is 2. The Balaban J connectivity index is 1.36. The lowest BCUT2D eigenvalue weighted by Crippen LogP contribution is -2.33. The van der Waals surface area contributed by atoms with Crippen LogP contribution >= 0.6 is 0 Å². The summed E-state index contributed by atoms with van der Waals surface area (Å²) in [5, 5.41) is 5.90. The van der Waals surface area contributed by atoms with Crippen LogP contribution in [-0.2, 0) is 9.53 Å². The lowest BCUT2D eigenvalue weighted by Gasteiger charge is -2.14. The second-order valence-corrected chi connectivity index (χ2v) is 10.4. The molecule has 4 heterocycles. The maximum Gasteiger partial charge on any atom is 0.256 e. The third-order valence-corrected chi connectivity index (χ3v) is 7.63. The summed E-state index contributed by atoms with van der Waals surface area (Å²) >= 11 is 0. The molecule has 11 nitrogen and oxygen atoms in total. The van der Waals surface area contributed by atoms with Crippen LogP contribution in [0.2, 0.25) is 0 Å². The van der Waals surface area contributed by atoms with Crippen molar-refractivity contribution in [3.8, 4) is 11.3 Å². The van der Waals surface area contributed by atoms with Crippen LogP contribution in [0.1, 0.15) is 59.9 Å². The summed E-state index contributed by atoms with van der Waals surface area (Å²) in [6.45, 7) is 8.08. The molecule has 6 rings (SSSR count). The number of imidazole rings is 1. The van der Waals surface area contributed by atoms with Gasteiger partial charge in [0, 0.05) is 35.7 Å². The molecule has 1 fully saturated rings. The van der Waals surface area contributed by atoms with E-state index in [0.717, 1.165) is 36.3 Å². The van der Waals surface area contributed by atoms with Crippen molar-refractivity contribution in [2.24, 2.45) is 0 Å². The number of rotatable bonds is 3. The van der Waals surface area contributed by atoms with Crippen LogP contribution in [0.15, 0.2) is 54.9 Å². The molecule has 3 aromatic heterocycles. The van der Waals surface area contributed by atoms with Gasteiger partial charge >= 0.3 is 0 Å². The number of ether oxygens (including phenoxy) is 1. The molecule has 0 unspecified atom stereocenters. The van der Waals surface area contributed by atoms with E-state index in [2.05, 4.69) is 29.8 Å². The van der Waals surface area contributed by atoms with E-state index in [-0.39, 0.29) is 23.8 Å². The Bertz CT molecular complexity index is 1720. The smallest absolute Gasteiger partial charge is 0.256 e. The summed E-state index contributed by atoms with van der Waals surface area (Å²) in [6, 6.07) is 10.3. The van der Waals surface area contributed by atoms with Crippen molar-refractivity contribution >= 4 is 40.7 Å². The normalized spacial score (nSPS) is 19.7. The molecule has 42 heavy (non-hydrogen) atoms. The van der Waals surface area contributed by atoms with E-state index in [1.807, 2.05) is 24.3 Å². The van der Waals surface area contributed by atoms with E-state index >= 15 is 0 Å². The second-order valence-electron chi connectivity index (χ2n) is 10.4. The Kier molecular flexibility index (Phi) is 7.62. The molecule has 2 atom stereocenters. The average Bonchev–Trinajstić information content (AvgIpc) is 3.63. The highest BCUT2D eigenvalue weighted by Gasteiger charge is 2.32. The molecule has 0 saturated heterocycles. The number of nitrogen functional groups attached to an aromatic ring is 1. The van der Waals surface area contributed by atoms with Crippen molar-refractivity contribution < 1.29 is 14.3 Å². The number of fused-ring (bicyclic) bond motifs is 3. The fraction of sp³-hybridized carbons (Fsp3) is 0.290. The Hall–Kier alpha value is -5.08. The highest BCUT2D eigenvalue weighted by atomic mass is 16.5. The van der Waals surface area contributed by atoms with E-state index in [1.165, 1.54) is 12.3 Å². The maximum absolute atomic E-state index is 12.9. The third-order valence-electron chi connectivity index (χ3n) is 7.63. The van der Waals surface area contributed by atoms with Crippen LogP contribution in [-0.4, -0.2) is 50.4 Å². The molecule has 2 amide bonds. The molecule has 212 valence electrons. The first-order valence-corrected chi connectivity index (χ1v) is 14.0. The van der Waals surface area contributed by atoms with Gasteiger partial charge in [-0.2, -0.15) is 0 Å². The fourth-order valence-corrected chi connectivity index (χ4v) is 5.58. The first-order valence-electron chi connectivity index (χ1n) is 14.0. The number of carbonyl (C=O) groups is 2. The number of nitrogens with one attached hydrogen (secondary N) is 2. The van der Waals surface area contributed by atoms with Gasteiger partial charge in [-0.25, -0.2) is 19.8 Å². The quantitative estimate of drug-likeness (QED) is 0.306. The van der Waals surface area contributed by atoms with Crippen molar-refractivity contribution in [2.45, 2.75) is 44.1 Å². The van der Waals surface area contributed by atoms with E-state index in [0.29, 0.717) is 60.2 Å². The Labute approximate surface area is 242 Å². The van der Waals surface area contributed by atoms with Gasteiger partial charge in [0.25, 0.3) is 5.91 Å². The zero-order chi connectivity index (χ0) is 29.1. The largest absolute Gasteiger partial charge is 0.382 e. The molecule has 11 heteroatoms. The summed E-state index contributed by atoms with van der Waals surface area (Å²) in [5.74, 6) is 1.34. The zero-order valence-corrected chi connectivity index (χ0v) is 22.9. The van der Waals surface area contributed by atoms with E-state index < -0.39 is 0 Å². The molecule has 4 N–H and O–H groups in total. The van der Waals surface area contributed by atoms with Crippen LogP contribution < -0.4 is 16.4 Å². The van der Waals surface area contributed by atoms with Gasteiger partial charge in [-0.3, -0.25) is 14.0 Å². The van der Waals surface area contributed by atoms with Crippen LogP contribution in [0.5, 0.6) is 0 Å². The van der Waals surface area contributed by atoms with Crippen molar-refractivity contribution in [1.29, 1.82) is 0 Å². The van der Waals surface area contributed by atoms with Gasteiger partial charge in [0.2, 0.25) is 5.91 Å². The number of amides is 2. The minimum atomic E-state index is -0.337. The fourth-order valence-electron chi connectivity index (χ4n) is 5.58. The molecule has 4 aromatic rings. The Morgan fingerprint density at radius 3 is 2.86 bits per heavy atom. The number of benzene rings is 1. The molecule has 0 spiro atoms. The van der Waals surface area contributed by atoms with Gasteiger partial charge in [-0.1, -0.05) is 18.2 Å². The molecule has 2 aliphatic rings. The summed E-state index contributed by atoms with van der Waals surface area (Å²) in [6.07, 6.45) is 10.8. The summed E-state index contributed by atoms with van der Waals surface area (Å²) < 4.78 is 7.73. The summed E-state index contributed by atoms with van der Waals surface area (Å²) in [7, 11) is 0. The molecule has 1 aliphatic heterocycles. The number of aromatic nitrogens is 4. The molecular weight excluding hydrogens is 532 g/mol. The minimum absolute atomic E-state index is 0.00728. The molecule has 2 bridgehead atoms. The standard InChI is InChI=1S/C31H30N8O3/c1-33-22-11-13-34-25(17-22)37-31(41)20-7-5-19(6-8-20)27-28-29(32)35-18-24-4-2-3-14-42-15-12-26(40)36-23-10-9-21(16-23)30(38-27)39(24)28/h2,4-8,11,13,17-18,21,23H,3,9-10,12,14-16H2,(H2,32,35)(H,36,40)(H,34,37,41)/b4-2+/t21-,23-/m1/s1. The first kappa shape index (κ1) is 27.1. The Morgan fingerprint density at radius 2 is 2.02 bits per heavy atom. The van der Waals surface area contributed by atoms with E-state index in [1.54, 1.807) is 24.4 Å². The number of anilines is 2. The number of nitrogens with two attached hydrogens (primary N) is 1. The van der Waals surface area contributed by atoms with Crippen LogP contribution in [0.4, 0.5) is 17.3 Å². The van der Waals surface area contributed by atoms with Gasteiger partial charge in [0.1, 0.15) is 28.7 Å². The lowest BCUT2D eigenvalue weighted by atomic mass is 10.1. The van der Waals surface area contributed by atoms with Crippen LogP contribution in [0, 0.1) is 6.57 Å².